The summed E-state index contributed by atoms with van der Waals surface area (Å²) in [6, 6.07) is 0. The molecule has 0 aliphatic rings. The van der Waals surface area contributed by atoms with Crippen molar-refractivity contribution >= 4 is 11.9 Å². The molecule has 0 aromatic carbocycles. The number of hydrogen-bond acceptors (Lipinski definition) is 5. The topological polar surface area (TPSA) is 45.2 Å². The maximum absolute atomic E-state index is 4.17. The van der Waals surface area contributed by atoms with Crippen molar-refractivity contribution in [3.8, 4) is 0 Å². The van der Waals surface area contributed by atoms with E-state index in [1.54, 1.807) is 0 Å². The van der Waals surface area contributed by atoms with E-state index in [2.05, 4.69) is 21.3 Å². The molecule has 0 amide bonds. The molecule has 66 valence electrons. The van der Waals surface area contributed by atoms with E-state index in [-0.39, 0.29) is 32.7 Å². The van der Waals surface area contributed by atoms with Crippen LogP contribution in [-0.2, 0) is 32.7 Å². The van der Waals surface area contributed by atoms with E-state index in [1.807, 2.05) is 38.0 Å². The number of rotatable bonds is 2. The summed E-state index contributed by atoms with van der Waals surface area (Å²) < 4.78 is 0. The Morgan fingerprint density at radius 2 is 1.31 bits per heavy atom. The first kappa shape index (κ1) is 12.7. The summed E-state index contributed by atoms with van der Waals surface area (Å²) in [7, 11) is 7.51. The molecule has 0 bridgehead atoms. The van der Waals surface area contributed by atoms with Gasteiger partial charge < -0.3 is 24.8 Å². The van der Waals surface area contributed by atoms with Gasteiger partial charge in [-0.2, -0.15) is 0 Å². The predicted octanol–water partition coefficient (Wildman–Crippen LogP) is -0.199. The molecule has 0 spiro atoms. The molecule has 1 aromatic rings. The summed E-state index contributed by atoms with van der Waals surface area (Å²) in [6.07, 6.45) is 2.55. The van der Waals surface area contributed by atoms with Crippen LogP contribution >= 0.6 is 0 Å². The maximum Gasteiger partial charge on any atom is 3.00 e. The molecule has 1 heterocycles. The molecule has 0 saturated heterocycles. The van der Waals surface area contributed by atoms with Crippen LogP contribution in [0.2, 0.25) is 0 Å². The van der Waals surface area contributed by atoms with Crippen LogP contribution in [0, 0.1) is 6.33 Å². The summed E-state index contributed by atoms with van der Waals surface area (Å²) >= 11 is 0. The van der Waals surface area contributed by atoms with Gasteiger partial charge in [0, 0.05) is 6.33 Å². The molecular weight excluding hydrogens is 243 g/mol. The minimum atomic E-state index is 0. The van der Waals surface area contributed by atoms with E-state index < -0.39 is 0 Å². The Balaban J connectivity index is 0.00000144. The molecule has 1 aromatic heterocycles. The second-order valence-corrected chi connectivity index (χ2v) is 2.82. The largest absolute Gasteiger partial charge is 3.00 e. The van der Waals surface area contributed by atoms with Crippen LogP contribution in [0.3, 0.4) is 0 Å². The van der Waals surface area contributed by atoms with Gasteiger partial charge in [0.15, 0.2) is 0 Å². The third-order valence-corrected chi connectivity index (χ3v) is 1.30. The van der Waals surface area contributed by atoms with Gasteiger partial charge in [-0.25, -0.2) is 0 Å². The molecule has 13 heavy (non-hydrogen) atoms. The molecule has 0 aliphatic carbocycles. The van der Waals surface area contributed by atoms with E-state index in [1.165, 1.54) is 0 Å². The van der Waals surface area contributed by atoms with Crippen LogP contribution in [0.15, 0.2) is 0 Å². The summed E-state index contributed by atoms with van der Waals surface area (Å²) in [4.78, 5) is 15.5. The van der Waals surface area contributed by atoms with Crippen molar-refractivity contribution < 1.29 is 32.7 Å². The zero-order valence-electron chi connectivity index (χ0n) is 8.31. The maximum atomic E-state index is 4.17. The zero-order chi connectivity index (χ0) is 9.14. The molecule has 6 heteroatoms. The minimum absolute atomic E-state index is 0. The fourth-order valence-corrected chi connectivity index (χ4v) is 0.654. The average Bonchev–Trinajstić information content (AvgIpc) is 2.04. The van der Waals surface area contributed by atoms with Gasteiger partial charge in [-0.1, -0.05) is 0 Å². The Kier molecular flexibility index (Phi) is 5.33. The fourth-order valence-electron chi connectivity index (χ4n) is 0.654. The second kappa shape index (κ2) is 5.45. The average molecular weight is 255 g/mol. The van der Waals surface area contributed by atoms with Gasteiger partial charge in [0.1, 0.15) is 11.9 Å². The van der Waals surface area contributed by atoms with Crippen molar-refractivity contribution in [3.63, 3.8) is 0 Å². The van der Waals surface area contributed by atoms with Crippen LogP contribution in [0.25, 0.3) is 0 Å². The Morgan fingerprint density at radius 3 is 1.62 bits per heavy atom. The number of anilines is 2. The third kappa shape index (κ3) is 3.52. The Morgan fingerprint density at radius 1 is 0.923 bits per heavy atom. The van der Waals surface area contributed by atoms with Gasteiger partial charge >= 0.3 is 32.7 Å². The van der Waals surface area contributed by atoms with Crippen molar-refractivity contribution in [2.45, 2.75) is 0 Å². The van der Waals surface area contributed by atoms with Crippen molar-refractivity contribution in [1.29, 1.82) is 0 Å². The summed E-state index contributed by atoms with van der Waals surface area (Å²) in [5.74, 6) is 1.24. The summed E-state index contributed by atoms with van der Waals surface area (Å²) in [5.41, 5.74) is 0. The Labute approximate surface area is 103 Å². The monoisotopic (exact) mass is 255 g/mol. The SMILES string of the molecule is CN(C)c1n[c-]nc(N(C)C)n1.[Y+3]. The molecule has 0 aliphatic heterocycles. The number of nitrogens with zero attached hydrogens (tertiary/aromatic N) is 5. The molecule has 0 saturated carbocycles. The van der Waals surface area contributed by atoms with E-state index in [4.69, 9.17) is 0 Å². The first-order chi connectivity index (χ1) is 5.61. The van der Waals surface area contributed by atoms with Gasteiger partial charge in [-0.05, 0) is 28.2 Å². The van der Waals surface area contributed by atoms with Crippen molar-refractivity contribution in [3.05, 3.63) is 6.33 Å². The smallest absolute Gasteiger partial charge is 0.399 e. The van der Waals surface area contributed by atoms with Gasteiger partial charge in [-0.15, -0.1) is 0 Å². The Bertz CT molecular complexity index is 240. The van der Waals surface area contributed by atoms with E-state index >= 15 is 0 Å². The van der Waals surface area contributed by atoms with Crippen LogP contribution in [0.4, 0.5) is 11.9 Å². The van der Waals surface area contributed by atoms with E-state index in [0.717, 1.165) is 0 Å². The van der Waals surface area contributed by atoms with Gasteiger partial charge in [-0.3, -0.25) is 0 Å². The molecular formula is C7H12N5Y+2. The molecule has 1 rings (SSSR count). The molecule has 0 radical (unpaired) electrons. The molecule has 0 N–H and O–H groups in total. The summed E-state index contributed by atoms with van der Waals surface area (Å²) in [5, 5.41) is 0. The standard InChI is InChI=1S/C7H12N5.Y/c1-11(2)6-8-5-9-7(10-6)12(3)4;/h1-4H3;/q-1;+3. The van der Waals surface area contributed by atoms with Crippen molar-refractivity contribution in [2.24, 2.45) is 0 Å². The van der Waals surface area contributed by atoms with Gasteiger partial charge in [0.2, 0.25) is 0 Å². The van der Waals surface area contributed by atoms with Crippen LogP contribution in [0.5, 0.6) is 0 Å². The van der Waals surface area contributed by atoms with Crippen LogP contribution in [0.1, 0.15) is 0 Å². The zero-order valence-corrected chi connectivity index (χ0v) is 11.2. The number of hydrogen-bond donors (Lipinski definition) is 0. The van der Waals surface area contributed by atoms with Crippen LogP contribution < -0.4 is 9.80 Å². The Hall–Kier alpha value is -0.286. The number of aromatic nitrogens is 3. The summed E-state index contributed by atoms with van der Waals surface area (Å²) in [6.45, 7) is 0. The molecule has 0 atom stereocenters. The quantitative estimate of drug-likeness (QED) is 0.685. The van der Waals surface area contributed by atoms with Gasteiger partial charge in [0.25, 0.3) is 0 Å². The molecule has 0 unspecified atom stereocenters. The van der Waals surface area contributed by atoms with E-state index in [9.17, 15) is 0 Å². The van der Waals surface area contributed by atoms with Gasteiger partial charge in [0.05, 0.1) is 0 Å². The first-order valence-corrected chi connectivity index (χ1v) is 3.58. The predicted molar refractivity (Wildman–Crippen MR) is 47.3 cm³/mol. The van der Waals surface area contributed by atoms with E-state index in [0.29, 0.717) is 11.9 Å². The van der Waals surface area contributed by atoms with Crippen molar-refractivity contribution in [2.75, 3.05) is 38.0 Å². The van der Waals surface area contributed by atoms with Crippen molar-refractivity contribution in [1.82, 2.24) is 15.0 Å². The minimum Gasteiger partial charge on any atom is -0.399 e. The first-order valence-electron chi connectivity index (χ1n) is 3.58. The second-order valence-electron chi connectivity index (χ2n) is 2.82. The third-order valence-electron chi connectivity index (χ3n) is 1.30. The molecule has 5 nitrogen and oxygen atoms in total. The van der Waals surface area contributed by atoms with Crippen LogP contribution in [-0.4, -0.2) is 43.1 Å². The fraction of sp³-hybridized carbons (Fsp3) is 0.571. The normalized spacial score (nSPS) is 8.92. The molecule has 0 fully saturated rings.